The van der Waals surface area contributed by atoms with Gasteiger partial charge in [-0.25, -0.2) is 4.79 Å². The Kier molecular flexibility index (Phi) is 11.2. The van der Waals surface area contributed by atoms with Crippen molar-refractivity contribution in [3.8, 4) is 0 Å². The molecule has 7 nitrogen and oxygen atoms in total. The first kappa shape index (κ1) is 23.5. The highest BCUT2D eigenvalue weighted by Gasteiger charge is 2.16. The lowest BCUT2D eigenvalue weighted by molar-refractivity contribution is 0.0529. The summed E-state index contributed by atoms with van der Waals surface area (Å²) in [7, 11) is 0. The topological polar surface area (TPSA) is 78.0 Å². The van der Waals surface area contributed by atoms with E-state index in [9.17, 15) is 4.79 Å². The van der Waals surface area contributed by atoms with E-state index in [4.69, 9.17) is 4.74 Å². The maximum Gasteiger partial charge on any atom is 0.407 e. The summed E-state index contributed by atoms with van der Waals surface area (Å²) in [6.07, 6.45) is 4.57. The van der Waals surface area contributed by atoms with Crippen molar-refractivity contribution in [2.75, 3.05) is 45.8 Å². The van der Waals surface area contributed by atoms with E-state index in [0.29, 0.717) is 13.1 Å². The van der Waals surface area contributed by atoms with Crippen LogP contribution in [0.2, 0.25) is 0 Å². The molecule has 0 aliphatic carbocycles. The lowest BCUT2D eigenvalue weighted by Gasteiger charge is -2.30. The Balaban J connectivity index is 2.15. The van der Waals surface area contributed by atoms with E-state index in [2.05, 4.69) is 32.8 Å². The molecule has 1 amide bonds. The fourth-order valence-corrected chi connectivity index (χ4v) is 2.93. The predicted molar refractivity (Wildman–Crippen MR) is 112 cm³/mol. The fourth-order valence-electron chi connectivity index (χ4n) is 2.93. The maximum absolute atomic E-state index is 11.6. The third kappa shape index (κ3) is 12.5. The largest absolute Gasteiger partial charge is 0.444 e. The first-order valence-electron chi connectivity index (χ1n) is 10.5. The van der Waals surface area contributed by atoms with E-state index < -0.39 is 11.7 Å². The molecule has 0 aromatic heterocycles. The van der Waals surface area contributed by atoms with Crippen molar-refractivity contribution in [3.63, 3.8) is 0 Å². The van der Waals surface area contributed by atoms with Crippen LogP contribution in [0.25, 0.3) is 0 Å². The van der Waals surface area contributed by atoms with E-state index in [1.54, 1.807) is 0 Å². The Morgan fingerprint density at radius 1 is 1.11 bits per heavy atom. The smallest absolute Gasteiger partial charge is 0.407 e. The molecule has 0 radical (unpaired) electrons. The number of carbonyl (C=O) groups excluding carboxylic acids is 1. The molecular weight excluding hydrogens is 342 g/mol. The standard InChI is InChI=1S/C20H41N5O2/c1-6-21-18(23-12-13-24-19(26)27-20(3,4)5)22-11-7-8-14-25-15-9-17(2)10-16-25/h17H,6-16H2,1-5H3,(H,24,26)(H2,21,22,23). The molecule has 0 bridgehead atoms. The van der Waals surface area contributed by atoms with Crippen LogP contribution in [0.15, 0.2) is 4.99 Å². The van der Waals surface area contributed by atoms with Crippen LogP contribution in [-0.2, 0) is 4.74 Å². The fraction of sp³-hybridized carbons (Fsp3) is 0.900. The number of piperidine rings is 1. The van der Waals surface area contributed by atoms with Crippen molar-refractivity contribution in [1.82, 2.24) is 20.9 Å². The number of unbranched alkanes of at least 4 members (excludes halogenated alkanes) is 1. The van der Waals surface area contributed by atoms with Gasteiger partial charge in [-0.2, -0.15) is 0 Å². The lowest BCUT2D eigenvalue weighted by Crippen LogP contribution is -2.42. The van der Waals surface area contributed by atoms with E-state index in [0.717, 1.165) is 31.4 Å². The summed E-state index contributed by atoms with van der Waals surface area (Å²) in [6.45, 7) is 16.4. The number of ether oxygens (including phenoxy) is 1. The second kappa shape index (κ2) is 12.8. The molecule has 1 aliphatic heterocycles. The summed E-state index contributed by atoms with van der Waals surface area (Å²) in [5.41, 5.74) is -0.472. The number of likely N-dealkylation sites (tertiary alicyclic amines) is 1. The Bertz CT molecular complexity index is 440. The molecule has 3 N–H and O–H groups in total. The minimum Gasteiger partial charge on any atom is -0.444 e. The van der Waals surface area contributed by atoms with Crippen LogP contribution in [0.3, 0.4) is 0 Å². The van der Waals surface area contributed by atoms with E-state index in [-0.39, 0.29) is 0 Å². The maximum atomic E-state index is 11.6. The van der Waals surface area contributed by atoms with Crippen LogP contribution in [0.1, 0.15) is 60.3 Å². The lowest BCUT2D eigenvalue weighted by atomic mass is 9.99. The number of hydrogen-bond donors (Lipinski definition) is 3. The van der Waals surface area contributed by atoms with Crippen molar-refractivity contribution >= 4 is 12.1 Å². The molecular formula is C20H41N5O2. The van der Waals surface area contributed by atoms with Crippen LogP contribution in [0.5, 0.6) is 0 Å². The van der Waals surface area contributed by atoms with Crippen molar-refractivity contribution in [2.24, 2.45) is 10.9 Å². The molecule has 27 heavy (non-hydrogen) atoms. The normalized spacial score (nSPS) is 16.9. The number of aliphatic imine (C=N–C) groups is 1. The molecule has 1 rings (SSSR count). The van der Waals surface area contributed by atoms with Gasteiger partial charge in [-0.15, -0.1) is 0 Å². The molecule has 1 saturated heterocycles. The Morgan fingerprint density at radius 3 is 2.41 bits per heavy atom. The van der Waals surface area contributed by atoms with Crippen LogP contribution >= 0.6 is 0 Å². The number of nitrogens with zero attached hydrogens (tertiary/aromatic N) is 2. The van der Waals surface area contributed by atoms with Gasteiger partial charge in [0.1, 0.15) is 5.60 Å². The highest BCUT2D eigenvalue weighted by Crippen LogP contribution is 2.16. The van der Waals surface area contributed by atoms with Gasteiger partial charge in [0.05, 0.1) is 0 Å². The van der Waals surface area contributed by atoms with Crippen LogP contribution < -0.4 is 16.0 Å². The van der Waals surface area contributed by atoms with Crippen molar-refractivity contribution in [3.05, 3.63) is 0 Å². The Hall–Kier alpha value is -1.50. The first-order valence-corrected chi connectivity index (χ1v) is 10.5. The summed E-state index contributed by atoms with van der Waals surface area (Å²) >= 11 is 0. The minimum atomic E-state index is -0.472. The van der Waals surface area contributed by atoms with Crippen LogP contribution in [-0.4, -0.2) is 68.4 Å². The molecule has 1 heterocycles. The zero-order valence-electron chi connectivity index (χ0n) is 18.1. The average molecular weight is 384 g/mol. The number of hydrogen-bond acceptors (Lipinski definition) is 4. The third-order valence-electron chi connectivity index (χ3n) is 4.46. The summed E-state index contributed by atoms with van der Waals surface area (Å²) < 4.78 is 5.21. The van der Waals surface area contributed by atoms with Crippen molar-refractivity contribution in [2.45, 2.75) is 65.9 Å². The molecule has 0 aromatic rings. The molecule has 0 spiro atoms. The Labute approximate surface area is 165 Å². The molecule has 0 aromatic carbocycles. The minimum absolute atomic E-state index is 0.390. The van der Waals surface area contributed by atoms with Gasteiger partial charge in [0.25, 0.3) is 0 Å². The van der Waals surface area contributed by atoms with Gasteiger partial charge in [0, 0.05) is 26.2 Å². The second-order valence-corrected chi connectivity index (χ2v) is 8.35. The molecule has 7 heteroatoms. The number of amides is 1. The molecule has 1 fully saturated rings. The molecule has 0 atom stereocenters. The number of guanidine groups is 1. The van der Waals surface area contributed by atoms with Gasteiger partial charge in [0.15, 0.2) is 5.96 Å². The van der Waals surface area contributed by atoms with Gasteiger partial charge in [0.2, 0.25) is 0 Å². The van der Waals surface area contributed by atoms with E-state index in [1.165, 1.54) is 38.9 Å². The first-order chi connectivity index (χ1) is 12.8. The average Bonchev–Trinajstić information content (AvgIpc) is 2.58. The van der Waals surface area contributed by atoms with E-state index >= 15 is 0 Å². The number of rotatable bonds is 9. The van der Waals surface area contributed by atoms with Gasteiger partial charge < -0.3 is 25.6 Å². The van der Waals surface area contributed by atoms with Crippen molar-refractivity contribution in [1.29, 1.82) is 0 Å². The zero-order chi connectivity index (χ0) is 20.1. The monoisotopic (exact) mass is 383 g/mol. The highest BCUT2D eigenvalue weighted by molar-refractivity contribution is 5.79. The molecule has 158 valence electrons. The summed E-state index contributed by atoms with van der Waals surface area (Å²) in [5.74, 6) is 1.69. The molecule has 1 aliphatic rings. The van der Waals surface area contributed by atoms with Crippen molar-refractivity contribution < 1.29 is 9.53 Å². The quantitative estimate of drug-likeness (QED) is 0.324. The number of alkyl carbamates (subject to hydrolysis) is 1. The summed E-state index contributed by atoms with van der Waals surface area (Å²) in [6, 6.07) is 0. The highest BCUT2D eigenvalue weighted by atomic mass is 16.6. The SMILES string of the molecule is CCNC(=NCCCCN1CCC(C)CC1)NCCNC(=O)OC(C)(C)C. The summed E-state index contributed by atoms with van der Waals surface area (Å²) in [4.78, 5) is 18.8. The summed E-state index contributed by atoms with van der Waals surface area (Å²) in [5, 5.41) is 9.22. The van der Waals surface area contributed by atoms with E-state index in [1.807, 2.05) is 27.7 Å². The van der Waals surface area contributed by atoms with Gasteiger partial charge in [-0.3, -0.25) is 4.99 Å². The third-order valence-corrected chi connectivity index (χ3v) is 4.46. The van der Waals surface area contributed by atoms with Crippen LogP contribution in [0.4, 0.5) is 4.79 Å². The Morgan fingerprint density at radius 2 is 1.78 bits per heavy atom. The predicted octanol–water partition coefficient (Wildman–Crippen LogP) is 2.58. The number of carbonyl (C=O) groups is 1. The molecule has 0 saturated carbocycles. The van der Waals surface area contributed by atoms with Gasteiger partial charge in [-0.1, -0.05) is 6.92 Å². The second-order valence-electron chi connectivity index (χ2n) is 8.35. The van der Waals surface area contributed by atoms with Crippen LogP contribution in [0, 0.1) is 5.92 Å². The van der Waals surface area contributed by atoms with Gasteiger partial charge in [-0.05, 0) is 78.9 Å². The van der Waals surface area contributed by atoms with Gasteiger partial charge >= 0.3 is 6.09 Å². The molecule has 0 unspecified atom stereocenters. The zero-order valence-corrected chi connectivity index (χ0v) is 18.1. The number of nitrogens with one attached hydrogen (secondary N) is 3.